The topological polar surface area (TPSA) is 29.5 Å². The molecule has 0 spiro atoms. The first-order valence-electron chi connectivity index (χ1n) is 4.91. The maximum Gasteiger partial charge on any atom is 0.130 e. The minimum Gasteiger partial charge on any atom is -0.359 e. The predicted octanol–water partition coefficient (Wildman–Crippen LogP) is 0.574. The van der Waals surface area contributed by atoms with E-state index in [9.17, 15) is 4.21 Å². The highest BCUT2D eigenvalue weighted by atomic mass is 32.2. The van der Waals surface area contributed by atoms with Gasteiger partial charge in [-0.05, 0) is 33.4 Å². The van der Waals surface area contributed by atoms with Crippen molar-refractivity contribution >= 4 is 10.8 Å². The fourth-order valence-electron chi connectivity index (χ4n) is 2.25. The van der Waals surface area contributed by atoms with Gasteiger partial charge in [-0.25, -0.2) is 0 Å². The van der Waals surface area contributed by atoms with Gasteiger partial charge in [0.05, 0.1) is 22.7 Å². The van der Waals surface area contributed by atoms with Crippen LogP contribution in [0.5, 0.6) is 0 Å². The molecule has 2 saturated heterocycles. The quantitative estimate of drug-likeness (QED) is 0.624. The molecule has 0 unspecified atom stereocenters. The Balaban J connectivity index is 1.98. The van der Waals surface area contributed by atoms with Crippen molar-refractivity contribution in [3.8, 4) is 0 Å². The summed E-state index contributed by atoms with van der Waals surface area (Å²) in [6, 6.07) is 0.508. The van der Waals surface area contributed by atoms with Gasteiger partial charge in [-0.3, -0.25) is 4.21 Å². The van der Waals surface area contributed by atoms with Gasteiger partial charge in [-0.1, -0.05) is 0 Å². The van der Waals surface area contributed by atoms with E-state index in [1.165, 1.54) is 12.8 Å². The van der Waals surface area contributed by atoms with Crippen LogP contribution in [-0.2, 0) is 15.5 Å². The third-order valence-corrected chi connectivity index (χ3v) is 4.58. The summed E-state index contributed by atoms with van der Waals surface area (Å²) in [7, 11) is 1.37. The SMILES string of the molecule is C[C@@H]1O[C@H]([C@@H]2CCCN2C)C[S@@]1=O. The van der Waals surface area contributed by atoms with Crippen molar-refractivity contribution in [2.24, 2.45) is 0 Å². The number of hydrogen-bond acceptors (Lipinski definition) is 3. The Morgan fingerprint density at radius 3 is 2.77 bits per heavy atom. The van der Waals surface area contributed by atoms with Crippen molar-refractivity contribution in [3.05, 3.63) is 0 Å². The Morgan fingerprint density at radius 1 is 1.54 bits per heavy atom. The van der Waals surface area contributed by atoms with Crippen LogP contribution in [0.1, 0.15) is 19.8 Å². The van der Waals surface area contributed by atoms with Crippen molar-refractivity contribution in [3.63, 3.8) is 0 Å². The summed E-state index contributed by atoms with van der Waals surface area (Å²) in [5.74, 6) is 0.732. The molecule has 0 N–H and O–H groups in total. The van der Waals surface area contributed by atoms with Crippen LogP contribution >= 0.6 is 0 Å². The van der Waals surface area contributed by atoms with Crippen LogP contribution in [0, 0.1) is 0 Å². The van der Waals surface area contributed by atoms with Crippen molar-refractivity contribution in [1.82, 2.24) is 4.90 Å². The molecule has 2 aliphatic rings. The molecule has 0 aromatic rings. The zero-order chi connectivity index (χ0) is 9.42. The fraction of sp³-hybridized carbons (Fsp3) is 1.00. The first-order valence-corrected chi connectivity index (χ1v) is 6.29. The van der Waals surface area contributed by atoms with E-state index in [4.69, 9.17) is 4.74 Å². The maximum absolute atomic E-state index is 11.4. The lowest BCUT2D eigenvalue weighted by molar-refractivity contribution is 0.0250. The molecule has 4 heteroatoms. The molecule has 0 saturated carbocycles. The Hall–Kier alpha value is 0.0700. The number of rotatable bonds is 1. The van der Waals surface area contributed by atoms with Crippen LogP contribution < -0.4 is 0 Å². The first kappa shape index (κ1) is 9.62. The van der Waals surface area contributed by atoms with Gasteiger partial charge in [0.1, 0.15) is 5.44 Å². The van der Waals surface area contributed by atoms with E-state index in [2.05, 4.69) is 11.9 Å². The van der Waals surface area contributed by atoms with Crippen LogP contribution in [0.4, 0.5) is 0 Å². The third-order valence-electron chi connectivity index (χ3n) is 3.07. The van der Waals surface area contributed by atoms with Crippen molar-refractivity contribution in [1.29, 1.82) is 0 Å². The van der Waals surface area contributed by atoms with Gasteiger partial charge in [-0.2, -0.15) is 0 Å². The Bertz CT molecular complexity index is 222. The molecule has 2 rings (SSSR count). The van der Waals surface area contributed by atoms with Gasteiger partial charge in [0, 0.05) is 6.04 Å². The molecule has 0 radical (unpaired) electrons. The zero-order valence-corrected chi connectivity index (χ0v) is 9.05. The molecule has 0 bridgehead atoms. The Labute approximate surface area is 81.9 Å². The second-order valence-electron chi connectivity index (χ2n) is 3.98. The monoisotopic (exact) mass is 203 g/mol. The molecular formula is C9H17NO2S. The van der Waals surface area contributed by atoms with E-state index < -0.39 is 10.8 Å². The molecule has 4 atom stereocenters. The molecule has 2 heterocycles. The highest BCUT2D eigenvalue weighted by Crippen LogP contribution is 2.26. The molecule has 3 nitrogen and oxygen atoms in total. The third kappa shape index (κ3) is 1.80. The van der Waals surface area contributed by atoms with Crippen molar-refractivity contribution in [2.45, 2.75) is 37.3 Å². The summed E-state index contributed by atoms with van der Waals surface area (Å²) < 4.78 is 17.1. The molecule has 0 aromatic carbocycles. The normalized spacial score (nSPS) is 47.2. The number of likely N-dealkylation sites (tertiary alicyclic amines) is 1. The minimum atomic E-state index is -0.758. The van der Waals surface area contributed by atoms with Crippen LogP contribution in [0.15, 0.2) is 0 Å². The fourth-order valence-corrected chi connectivity index (χ4v) is 3.41. The molecule has 76 valence electrons. The highest BCUT2D eigenvalue weighted by molar-refractivity contribution is 7.85. The smallest absolute Gasteiger partial charge is 0.130 e. The van der Waals surface area contributed by atoms with E-state index in [0.29, 0.717) is 6.04 Å². The van der Waals surface area contributed by atoms with Gasteiger partial charge in [-0.15, -0.1) is 0 Å². The van der Waals surface area contributed by atoms with Crippen LogP contribution in [-0.4, -0.2) is 46.0 Å². The summed E-state index contributed by atoms with van der Waals surface area (Å²) in [5, 5.41) is 0. The molecule has 13 heavy (non-hydrogen) atoms. The lowest BCUT2D eigenvalue weighted by Gasteiger charge is -2.24. The molecular weight excluding hydrogens is 186 g/mol. The van der Waals surface area contributed by atoms with Crippen molar-refractivity contribution < 1.29 is 8.95 Å². The van der Waals surface area contributed by atoms with E-state index in [1.807, 2.05) is 6.92 Å². The van der Waals surface area contributed by atoms with Gasteiger partial charge < -0.3 is 9.64 Å². The molecule has 2 fully saturated rings. The Kier molecular flexibility index (Phi) is 2.72. The average Bonchev–Trinajstić information content (AvgIpc) is 2.60. The number of nitrogens with zero attached hydrogens (tertiary/aromatic N) is 1. The average molecular weight is 203 g/mol. The summed E-state index contributed by atoms with van der Waals surface area (Å²) >= 11 is 0. The van der Waals surface area contributed by atoms with E-state index in [-0.39, 0.29) is 11.5 Å². The lowest BCUT2D eigenvalue weighted by Crippen LogP contribution is -2.38. The summed E-state index contributed by atoms with van der Waals surface area (Å²) in [6.07, 6.45) is 2.66. The van der Waals surface area contributed by atoms with Gasteiger partial charge in [0.15, 0.2) is 0 Å². The molecule has 0 amide bonds. The molecule has 2 aliphatic heterocycles. The molecule has 0 aliphatic carbocycles. The first-order chi connectivity index (χ1) is 6.18. The second-order valence-corrected chi connectivity index (χ2v) is 5.74. The second kappa shape index (κ2) is 3.67. The standard InChI is InChI=1S/C9H17NO2S/c1-7-12-9(6-13(7)11)8-4-3-5-10(8)2/h7-9H,3-6H2,1-2H3/t7-,8+,9+,13+/m1/s1. The number of likely N-dealkylation sites (N-methyl/N-ethyl adjacent to an activating group) is 1. The van der Waals surface area contributed by atoms with Gasteiger partial charge in [0.2, 0.25) is 0 Å². The maximum atomic E-state index is 11.4. The van der Waals surface area contributed by atoms with Crippen LogP contribution in [0.3, 0.4) is 0 Å². The summed E-state index contributed by atoms with van der Waals surface area (Å²) in [4.78, 5) is 2.33. The Morgan fingerprint density at radius 2 is 2.31 bits per heavy atom. The number of hydrogen-bond donors (Lipinski definition) is 0. The summed E-state index contributed by atoms with van der Waals surface area (Å²) in [5.41, 5.74) is -0.0565. The predicted molar refractivity (Wildman–Crippen MR) is 53.0 cm³/mol. The van der Waals surface area contributed by atoms with Crippen LogP contribution in [0.25, 0.3) is 0 Å². The van der Waals surface area contributed by atoms with E-state index >= 15 is 0 Å². The largest absolute Gasteiger partial charge is 0.359 e. The zero-order valence-electron chi connectivity index (χ0n) is 8.23. The minimum absolute atomic E-state index is 0.0565. The summed E-state index contributed by atoms with van der Waals surface area (Å²) in [6.45, 7) is 3.07. The lowest BCUT2D eigenvalue weighted by atomic mass is 10.1. The van der Waals surface area contributed by atoms with Gasteiger partial charge >= 0.3 is 0 Å². The van der Waals surface area contributed by atoms with Crippen molar-refractivity contribution in [2.75, 3.05) is 19.3 Å². The number of ether oxygens (including phenoxy) is 1. The van der Waals surface area contributed by atoms with Gasteiger partial charge in [0.25, 0.3) is 0 Å². The van der Waals surface area contributed by atoms with E-state index in [0.717, 1.165) is 12.3 Å². The van der Waals surface area contributed by atoms with Crippen LogP contribution in [0.2, 0.25) is 0 Å². The van der Waals surface area contributed by atoms with E-state index in [1.54, 1.807) is 0 Å². The molecule has 0 aromatic heterocycles. The highest BCUT2D eigenvalue weighted by Gasteiger charge is 2.38.